The zero-order valence-electron chi connectivity index (χ0n) is 10.6. The van der Waals surface area contributed by atoms with Gasteiger partial charge in [-0.2, -0.15) is 15.0 Å². The standard InChI is InChI=1S/C11H19N5O2/c1-2-17-7-8-18-11-14-9(12)13-10(15-11)16-5-3-4-6-16/h2-8H2,1H3,(H2,12,13,14,15). The topological polar surface area (TPSA) is 86.4 Å². The van der Waals surface area contributed by atoms with Crippen molar-refractivity contribution in [3.05, 3.63) is 0 Å². The molecule has 100 valence electrons. The van der Waals surface area contributed by atoms with Gasteiger partial charge in [0, 0.05) is 19.7 Å². The molecule has 2 rings (SSSR count). The van der Waals surface area contributed by atoms with Gasteiger partial charge in [0.05, 0.1) is 6.61 Å². The molecule has 0 atom stereocenters. The van der Waals surface area contributed by atoms with E-state index >= 15 is 0 Å². The highest BCUT2D eigenvalue weighted by Gasteiger charge is 2.17. The number of rotatable bonds is 6. The highest BCUT2D eigenvalue weighted by atomic mass is 16.5. The lowest BCUT2D eigenvalue weighted by Crippen LogP contribution is -2.22. The first-order valence-corrected chi connectivity index (χ1v) is 6.26. The molecule has 1 aromatic rings. The van der Waals surface area contributed by atoms with Gasteiger partial charge in [-0.25, -0.2) is 0 Å². The van der Waals surface area contributed by atoms with Gasteiger partial charge < -0.3 is 20.1 Å². The van der Waals surface area contributed by atoms with Crippen molar-refractivity contribution in [1.82, 2.24) is 15.0 Å². The molecule has 0 unspecified atom stereocenters. The summed E-state index contributed by atoms with van der Waals surface area (Å²) < 4.78 is 10.6. The minimum atomic E-state index is 0.193. The van der Waals surface area contributed by atoms with Crippen molar-refractivity contribution in [3.63, 3.8) is 0 Å². The minimum Gasteiger partial charge on any atom is -0.461 e. The van der Waals surface area contributed by atoms with Crippen LogP contribution in [0, 0.1) is 0 Å². The summed E-state index contributed by atoms with van der Waals surface area (Å²) in [5.74, 6) is 0.796. The number of ether oxygens (including phenoxy) is 2. The fraction of sp³-hybridized carbons (Fsp3) is 0.727. The summed E-state index contributed by atoms with van der Waals surface area (Å²) in [6.07, 6.45) is 2.32. The van der Waals surface area contributed by atoms with Gasteiger partial charge in [0.25, 0.3) is 0 Å². The normalized spacial score (nSPS) is 15.1. The predicted molar refractivity (Wildman–Crippen MR) is 67.7 cm³/mol. The largest absolute Gasteiger partial charge is 0.461 e. The Labute approximate surface area is 106 Å². The van der Waals surface area contributed by atoms with Crippen molar-refractivity contribution < 1.29 is 9.47 Å². The monoisotopic (exact) mass is 253 g/mol. The summed E-state index contributed by atoms with van der Waals surface area (Å²) in [5.41, 5.74) is 5.66. The number of aromatic nitrogens is 3. The molecule has 1 saturated heterocycles. The van der Waals surface area contributed by atoms with E-state index in [9.17, 15) is 0 Å². The third-order valence-electron chi connectivity index (χ3n) is 2.67. The first-order valence-electron chi connectivity index (χ1n) is 6.26. The Morgan fingerprint density at radius 3 is 2.67 bits per heavy atom. The number of nitrogen functional groups attached to an aromatic ring is 1. The van der Waals surface area contributed by atoms with Crippen molar-refractivity contribution >= 4 is 11.9 Å². The molecule has 2 heterocycles. The van der Waals surface area contributed by atoms with Crippen molar-refractivity contribution in [2.45, 2.75) is 19.8 Å². The molecular formula is C11H19N5O2. The molecule has 7 nitrogen and oxygen atoms in total. The Bertz CT molecular complexity index is 382. The molecular weight excluding hydrogens is 234 g/mol. The van der Waals surface area contributed by atoms with Gasteiger partial charge in [-0.15, -0.1) is 0 Å². The van der Waals surface area contributed by atoms with E-state index in [2.05, 4.69) is 19.9 Å². The van der Waals surface area contributed by atoms with E-state index in [1.54, 1.807) is 0 Å². The van der Waals surface area contributed by atoms with Crippen LogP contribution in [0.4, 0.5) is 11.9 Å². The van der Waals surface area contributed by atoms with E-state index < -0.39 is 0 Å². The number of nitrogens with two attached hydrogens (primary N) is 1. The van der Waals surface area contributed by atoms with Crippen LogP contribution < -0.4 is 15.4 Å². The predicted octanol–water partition coefficient (Wildman–Crippen LogP) is 0.469. The van der Waals surface area contributed by atoms with Crippen LogP contribution in [0.15, 0.2) is 0 Å². The average molecular weight is 253 g/mol. The van der Waals surface area contributed by atoms with Crippen LogP contribution in [0.3, 0.4) is 0 Å². The molecule has 0 amide bonds. The Morgan fingerprint density at radius 1 is 1.17 bits per heavy atom. The van der Waals surface area contributed by atoms with Crippen molar-refractivity contribution in [1.29, 1.82) is 0 Å². The quantitative estimate of drug-likeness (QED) is 0.737. The third-order valence-corrected chi connectivity index (χ3v) is 2.67. The summed E-state index contributed by atoms with van der Waals surface area (Å²) in [5, 5.41) is 0. The van der Waals surface area contributed by atoms with E-state index in [1.165, 1.54) is 0 Å². The molecule has 7 heteroatoms. The van der Waals surface area contributed by atoms with Crippen LogP contribution in [0.2, 0.25) is 0 Å². The molecule has 18 heavy (non-hydrogen) atoms. The van der Waals surface area contributed by atoms with Gasteiger partial charge in [-0.3, -0.25) is 0 Å². The van der Waals surface area contributed by atoms with Crippen LogP contribution in [-0.2, 0) is 4.74 Å². The Kier molecular flexibility index (Phi) is 4.52. The van der Waals surface area contributed by atoms with Crippen molar-refractivity contribution in [2.75, 3.05) is 43.5 Å². The lowest BCUT2D eigenvalue weighted by atomic mass is 10.4. The molecule has 0 saturated carbocycles. The maximum atomic E-state index is 5.66. The summed E-state index contributed by atoms with van der Waals surface area (Å²) in [6, 6.07) is 0.268. The van der Waals surface area contributed by atoms with Crippen LogP contribution in [0.5, 0.6) is 6.01 Å². The van der Waals surface area contributed by atoms with Crippen LogP contribution in [0.25, 0.3) is 0 Å². The van der Waals surface area contributed by atoms with Gasteiger partial charge in [0.2, 0.25) is 11.9 Å². The summed E-state index contributed by atoms with van der Waals surface area (Å²) in [7, 11) is 0. The van der Waals surface area contributed by atoms with E-state index in [-0.39, 0.29) is 12.0 Å². The number of anilines is 2. The molecule has 0 bridgehead atoms. The number of nitrogens with zero attached hydrogens (tertiary/aromatic N) is 4. The molecule has 0 spiro atoms. The van der Waals surface area contributed by atoms with Gasteiger partial charge in [0.15, 0.2) is 0 Å². The molecule has 1 aliphatic heterocycles. The number of hydrogen-bond donors (Lipinski definition) is 1. The molecule has 1 aromatic heterocycles. The Balaban J connectivity index is 1.97. The summed E-state index contributed by atoms with van der Waals surface area (Å²) >= 11 is 0. The zero-order chi connectivity index (χ0) is 12.8. The highest BCUT2D eigenvalue weighted by Crippen LogP contribution is 2.18. The number of hydrogen-bond acceptors (Lipinski definition) is 7. The van der Waals surface area contributed by atoms with Gasteiger partial charge >= 0.3 is 6.01 Å². The van der Waals surface area contributed by atoms with E-state index in [1.807, 2.05) is 6.92 Å². The van der Waals surface area contributed by atoms with Gasteiger partial charge in [0.1, 0.15) is 6.61 Å². The van der Waals surface area contributed by atoms with Crippen LogP contribution in [-0.4, -0.2) is 47.9 Å². The minimum absolute atomic E-state index is 0.193. The lowest BCUT2D eigenvalue weighted by Gasteiger charge is -2.15. The average Bonchev–Trinajstić information content (AvgIpc) is 2.88. The fourth-order valence-corrected chi connectivity index (χ4v) is 1.82. The molecule has 0 aromatic carbocycles. The molecule has 1 aliphatic rings. The maximum Gasteiger partial charge on any atom is 0.323 e. The zero-order valence-corrected chi connectivity index (χ0v) is 10.6. The molecule has 0 aliphatic carbocycles. The second kappa shape index (κ2) is 6.34. The van der Waals surface area contributed by atoms with Crippen molar-refractivity contribution in [3.8, 4) is 6.01 Å². The maximum absolute atomic E-state index is 5.66. The smallest absolute Gasteiger partial charge is 0.323 e. The van der Waals surface area contributed by atoms with Gasteiger partial charge in [-0.1, -0.05) is 0 Å². The van der Waals surface area contributed by atoms with E-state index in [0.717, 1.165) is 25.9 Å². The molecule has 0 radical (unpaired) electrons. The second-order valence-electron chi connectivity index (χ2n) is 4.02. The Morgan fingerprint density at radius 2 is 1.94 bits per heavy atom. The van der Waals surface area contributed by atoms with Gasteiger partial charge in [-0.05, 0) is 19.8 Å². The first kappa shape index (κ1) is 12.8. The molecule has 1 fully saturated rings. The highest BCUT2D eigenvalue weighted by molar-refractivity contribution is 5.36. The van der Waals surface area contributed by atoms with E-state index in [0.29, 0.717) is 25.8 Å². The second-order valence-corrected chi connectivity index (χ2v) is 4.02. The van der Waals surface area contributed by atoms with Crippen LogP contribution in [0.1, 0.15) is 19.8 Å². The fourth-order valence-electron chi connectivity index (χ4n) is 1.82. The Hall–Kier alpha value is -1.63. The lowest BCUT2D eigenvalue weighted by molar-refractivity contribution is 0.106. The van der Waals surface area contributed by atoms with E-state index in [4.69, 9.17) is 15.2 Å². The first-order chi connectivity index (χ1) is 8.79. The SMILES string of the molecule is CCOCCOc1nc(N)nc(N2CCCC2)n1. The third kappa shape index (κ3) is 3.43. The molecule has 2 N–H and O–H groups in total. The van der Waals surface area contributed by atoms with Crippen LogP contribution >= 0.6 is 0 Å². The summed E-state index contributed by atoms with van der Waals surface area (Å²) in [6.45, 7) is 5.45. The summed E-state index contributed by atoms with van der Waals surface area (Å²) in [4.78, 5) is 14.4. The van der Waals surface area contributed by atoms with Crippen molar-refractivity contribution in [2.24, 2.45) is 0 Å².